The van der Waals surface area contributed by atoms with Crippen molar-refractivity contribution in [1.29, 1.82) is 0 Å². The van der Waals surface area contributed by atoms with Gasteiger partial charge in [0, 0.05) is 23.1 Å². The lowest BCUT2D eigenvalue weighted by Crippen LogP contribution is -2.17. The molecule has 0 aliphatic rings. The van der Waals surface area contributed by atoms with Gasteiger partial charge in [-0.3, -0.25) is 4.79 Å². The molecule has 2 aromatic carbocycles. The van der Waals surface area contributed by atoms with Gasteiger partial charge in [-0.1, -0.05) is 19.1 Å². The van der Waals surface area contributed by atoms with E-state index in [1.165, 1.54) is 33.5 Å². The summed E-state index contributed by atoms with van der Waals surface area (Å²) in [7, 11) is 4.21. The molecule has 0 fully saturated rings. The van der Waals surface area contributed by atoms with Crippen molar-refractivity contribution in [3.8, 4) is 11.5 Å². The van der Waals surface area contributed by atoms with E-state index in [9.17, 15) is 9.59 Å². The second-order valence-corrected chi connectivity index (χ2v) is 6.41. The number of nitrogens with one attached hydrogen (secondary N) is 1. The standard InChI is InChI=1S/C22H23NO6/c1-5-13-6-7-15-14(12-29-18(15)8-13)9-21(24)23-17-11-20(27-3)19(26-2)10-16(17)22(25)28-4/h6-8,10-12H,5,9H2,1-4H3,(H,23,24). The molecular formula is C22H23NO6. The molecule has 0 saturated carbocycles. The van der Waals surface area contributed by atoms with Gasteiger partial charge >= 0.3 is 5.97 Å². The van der Waals surface area contributed by atoms with Crippen LogP contribution in [0, 0.1) is 0 Å². The topological polar surface area (TPSA) is 87.0 Å². The second-order valence-electron chi connectivity index (χ2n) is 6.41. The number of anilines is 1. The normalized spacial score (nSPS) is 10.6. The minimum absolute atomic E-state index is 0.0907. The number of aryl methyl sites for hydroxylation is 1. The van der Waals surface area contributed by atoms with Gasteiger partial charge in [-0.05, 0) is 18.1 Å². The third-order valence-electron chi connectivity index (χ3n) is 4.68. The largest absolute Gasteiger partial charge is 0.493 e. The van der Waals surface area contributed by atoms with Crippen molar-refractivity contribution in [3.05, 3.63) is 53.3 Å². The summed E-state index contributed by atoms with van der Waals surface area (Å²) >= 11 is 0. The van der Waals surface area contributed by atoms with Crippen molar-refractivity contribution in [3.63, 3.8) is 0 Å². The Morgan fingerprint density at radius 1 is 1.03 bits per heavy atom. The van der Waals surface area contributed by atoms with E-state index in [-0.39, 0.29) is 23.6 Å². The Hall–Kier alpha value is -3.48. The lowest BCUT2D eigenvalue weighted by Gasteiger charge is -2.14. The van der Waals surface area contributed by atoms with Crippen molar-refractivity contribution in [2.24, 2.45) is 0 Å². The maximum atomic E-state index is 12.7. The molecule has 0 aliphatic carbocycles. The Labute approximate surface area is 168 Å². The number of carbonyl (C=O) groups is 2. The molecule has 0 spiro atoms. The van der Waals surface area contributed by atoms with Crippen molar-refractivity contribution >= 4 is 28.5 Å². The first-order chi connectivity index (χ1) is 14.0. The van der Waals surface area contributed by atoms with Crippen molar-refractivity contribution in [2.45, 2.75) is 19.8 Å². The van der Waals surface area contributed by atoms with Crippen LogP contribution in [0.15, 0.2) is 41.0 Å². The molecule has 0 aliphatic heterocycles. The van der Waals surface area contributed by atoms with Crippen LogP contribution in [-0.4, -0.2) is 33.2 Å². The number of esters is 1. The predicted octanol–water partition coefficient (Wildman–Crippen LogP) is 3.98. The average Bonchev–Trinajstić information content (AvgIpc) is 3.14. The summed E-state index contributed by atoms with van der Waals surface area (Å²) in [6, 6.07) is 8.95. The van der Waals surface area contributed by atoms with Gasteiger partial charge in [0.05, 0.1) is 45.3 Å². The van der Waals surface area contributed by atoms with Crippen LogP contribution in [0.4, 0.5) is 5.69 Å². The maximum Gasteiger partial charge on any atom is 0.340 e. The van der Waals surface area contributed by atoms with E-state index < -0.39 is 5.97 Å². The zero-order valence-corrected chi connectivity index (χ0v) is 16.8. The molecule has 0 bridgehead atoms. The molecule has 0 atom stereocenters. The van der Waals surface area contributed by atoms with Gasteiger partial charge in [-0.15, -0.1) is 0 Å². The number of methoxy groups -OCH3 is 3. The Morgan fingerprint density at radius 2 is 1.76 bits per heavy atom. The van der Waals surface area contributed by atoms with Crippen molar-refractivity contribution in [1.82, 2.24) is 0 Å². The highest BCUT2D eigenvalue weighted by Crippen LogP contribution is 2.34. The molecule has 1 N–H and O–H groups in total. The number of hydrogen-bond acceptors (Lipinski definition) is 6. The Morgan fingerprint density at radius 3 is 2.41 bits per heavy atom. The van der Waals surface area contributed by atoms with Gasteiger partial charge < -0.3 is 23.9 Å². The molecule has 0 unspecified atom stereocenters. The Balaban J connectivity index is 1.87. The lowest BCUT2D eigenvalue weighted by atomic mass is 10.1. The second kappa shape index (κ2) is 8.68. The average molecular weight is 397 g/mol. The summed E-state index contributed by atoms with van der Waals surface area (Å²) in [6.07, 6.45) is 2.58. The van der Waals surface area contributed by atoms with E-state index in [1.54, 1.807) is 6.26 Å². The van der Waals surface area contributed by atoms with Crippen molar-refractivity contribution in [2.75, 3.05) is 26.6 Å². The van der Waals surface area contributed by atoms with Crippen LogP contribution >= 0.6 is 0 Å². The van der Waals surface area contributed by atoms with E-state index in [1.807, 2.05) is 18.2 Å². The highest BCUT2D eigenvalue weighted by Gasteiger charge is 2.20. The Kier molecular flexibility index (Phi) is 6.07. The van der Waals surface area contributed by atoms with E-state index in [2.05, 4.69) is 12.2 Å². The fourth-order valence-electron chi connectivity index (χ4n) is 3.11. The smallest absolute Gasteiger partial charge is 0.340 e. The number of fused-ring (bicyclic) bond motifs is 1. The summed E-state index contributed by atoms with van der Waals surface area (Å²) in [5, 5.41) is 3.65. The third-order valence-corrected chi connectivity index (χ3v) is 4.68. The highest BCUT2D eigenvalue weighted by atomic mass is 16.5. The molecule has 0 radical (unpaired) electrons. The van der Waals surface area contributed by atoms with Crippen LogP contribution < -0.4 is 14.8 Å². The van der Waals surface area contributed by atoms with Gasteiger partial charge in [0.1, 0.15) is 5.58 Å². The number of ether oxygens (including phenoxy) is 3. The summed E-state index contributed by atoms with van der Waals surface area (Å²) in [5.41, 5.74) is 3.12. The number of carbonyl (C=O) groups excluding carboxylic acids is 2. The molecule has 3 rings (SSSR count). The molecule has 152 valence electrons. The molecule has 1 heterocycles. The zero-order chi connectivity index (χ0) is 21.0. The number of rotatable bonds is 7. The van der Waals surface area contributed by atoms with E-state index in [0.29, 0.717) is 11.5 Å². The predicted molar refractivity (Wildman–Crippen MR) is 109 cm³/mol. The molecule has 7 heteroatoms. The van der Waals surface area contributed by atoms with E-state index in [4.69, 9.17) is 18.6 Å². The number of benzene rings is 2. The van der Waals surface area contributed by atoms with Gasteiger partial charge in [-0.2, -0.15) is 0 Å². The van der Waals surface area contributed by atoms with Crippen LogP contribution in [0.5, 0.6) is 11.5 Å². The van der Waals surface area contributed by atoms with Gasteiger partial charge in [0.2, 0.25) is 5.91 Å². The molecular weight excluding hydrogens is 374 g/mol. The minimum atomic E-state index is -0.595. The molecule has 7 nitrogen and oxygen atoms in total. The van der Waals surface area contributed by atoms with Crippen LogP contribution in [0.1, 0.15) is 28.4 Å². The summed E-state index contributed by atoms with van der Waals surface area (Å²) in [5.74, 6) is -0.151. The lowest BCUT2D eigenvalue weighted by molar-refractivity contribution is -0.115. The maximum absolute atomic E-state index is 12.7. The molecule has 1 aromatic heterocycles. The molecule has 3 aromatic rings. The first-order valence-electron chi connectivity index (χ1n) is 9.13. The number of furan rings is 1. The third kappa shape index (κ3) is 4.18. The van der Waals surface area contributed by atoms with Gasteiger partial charge in [-0.25, -0.2) is 4.79 Å². The quantitative estimate of drug-likeness (QED) is 0.607. The number of amides is 1. The van der Waals surface area contributed by atoms with Gasteiger partial charge in [0.25, 0.3) is 0 Å². The van der Waals surface area contributed by atoms with Crippen LogP contribution in [0.3, 0.4) is 0 Å². The monoisotopic (exact) mass is 397 g/mol. The summed E-state index contributed by atoms with van der Waals surface area (Å²) in [6.45, 7) is 2.07. The zero-order valence-electron chi connectivity index (χ0n) is 16.8. The number of hydrogen-bond donors (Lipinski definition) is 1. The highest BCUT2D eigenvalue weighted by molar-refractivity contribution is 6.03. The van der Waals surface area contributed by atoms with Crippen LogP contribution in [0.2, 0.25) is 0 Å². The fraction of sp³-hybridized carbons (Fsp3) is 0.273. The molecule has 0 saturated heterocycles. The summed E-state index contributed by atoms with van der Waals surface area (Å²) < 4.78 is 20.9. The Bertz CT molecular complexity index is 1050. The van der Waals surface area contributed by atoms with Gasteiger partial charge in [0.15, 0.2) is 11.5 Å². The van der Waals surface area contributed by atoms with Crippen molar-refractivity contribution < 1.29 is 28.2 Å². The first kappa shape index (κ1) is 20.3. The molecule has 29 heavy (non-hydrogen) atoms. The first-order valence-corrected chi connectivity index (χ1v) is 9.13. The SMILES string of the molecule is CCc1ccc2c(CC(=O)Nc3cc(OC)c(OC)cc3C(=O)OC)coc2c1. The minimum Gasteiger partial charge on any atom is -0.493 e. The molecule has 1 amide bonds. The van der Waals surface area contributed by atoms with E-state index in [0.717, 1.165) is 28.5 Å². The van der Waals surface area contributed by atoms with E-state index >= 15 is 0 Å². The fourth-order valence-corrected chi connectivity index (χ4v) is 3.11. The van der Waals surface area contributed by atoms with Crippen LogP contribution in [0.25, 0.3) is 11.0 Å². The summed E-state index contributed by atoms with van der Waals surface area (Å²) in [4.78, 5) is 24.8. The van der Waals surface area contributed by atoms with Crippen LogP contribution in [-0.2, 0) is 22.4 Å².